The van der Waals surface area contributed by atoms with Crippen LogP contribution in [0.1, 0.15) is 34.6 Å². The van der Waals surface area contributed by atoms with Crippen LogP contribution in [0.2, 0.25) is 0 Å². The number of nitrogens with one attached hydrogen (secondary N) is 1. The zero-order valence-corrected chi connectivity index (χ0v) is 14.0. The molecule has 1 aromatic heterocycles. The molecule has 0 bridgehead atoms. The monoisotopic (exact) mass is 330 g/mol. The first-order valence-corrected chi connectivity index (χ1v) is 8.40. The fourth-order valence-corrected chi connectivity index (χ4v) is 3.05. The lowest BCUT2D eigenvalue weighted by Gasteiger charge is -2.25. The molecular weight excluding hydrogens is 307 g/mol. The van der Waals surface area contributed by atoms with Crippen LogP contribution < -0.4 is 0 Å². The van der Waals surface area contributed by atoms with Crippen molar-refractivity contribution in [3.8, 4) is 0 Å². The van der Waals surface area contributed by atoms with Crippen LogP contribution in [0.5, 0.6) is 0 Å². The van der Waals surface area contributed by atoms with Crippen molar-refractivity contribution in [3.63, 3.8) is 0 Å². The highest BCUT2D eigenvalue weighted by Crippen LogP contribution is 2.14. The van der Waals surface area contributed by atoms with Gasteiger partial charge in [-0.05, 0) is 45.0 Å². The third-order valence-electron chi connectivity index (χ3n) is 4.43. The fourth-order valence-electron chi connectivity index (χ4n) is 3.05. The molecule has 0 aliphatic carbocycles. The molecule has 0 radical (unpaired) electrons. The molecule has 0 atom stereocenters. The number of carbonyl (C=O) groups is 1. The highest BCUT2D eigenvalue weighted by Gasteiger charge is 2.21. The smallest absolute Gasteiger partial charge is 0.272 e. The standard InChI is InChI=1S/C18H23FN4O/c1-14-12-17(21-20-14)18(24)23(11-10-22-8-4-5-9-22)13-15-6-2-3-7-16(15)19/h2-3,6-7,12H,4-5,8-11,13H2,1H3,(H,20,21). The predicted octanol–water partition coefficient (Wildman–Crippen LogP) is 2.60. The van der Waals surface area contributed by atoms with Gasteiger partial charge in [0.25, 0.3) is 5.91 Å². The maximum absolute atomic E-state index is 14.0. The minimum Gasteiger partial charge on any atom is -0.332 e. The van der Waals surface area contributed by atoms with E-state index in [2.05, 4.69) is 15.1 Å². The molecule has 128 valence electrons. The van der Waals surface area contributed by atoms with Gasteiger partial charge in [0.15, 0.2) is 0 Å². The van der Waals surface area contributed by atoms with Gasteiger partial charge in [-0.3, -0.25) is 9.89 Å². The molecule has 1 N–H and O–H groups in total. The minimum atomic E-state index is -0.280. The number of hydrogen-bond acceptors (Lipinski definition) is 3. The summed E-state index contributed by atoms with van der Waals surface area (Å²) >= 11 is 0. The summed E-state index contributed by atoms with van der Waals surface area (Å²) < 4.78 is 14.0. The molecule has 5 nitrogen and oxygen atoms in total. The van der Waals surface area contributed by atoms with Crippen LogP contribution in [0.15, 0.2) is 30.3 Å². The Hall–Kier alpha value is -2.21. The molecule has 24 heavy (non-hydrogen) atoms. The van der Waals surface area contributed by atoms with E-state index in [1.165, 1.54) is 18.9 Å². The van der Waals surface area contributed by atoms with E-state index in [1.54, 1.807) is 29.2 Å². The van der Waals surface area contributed by atoms with Gasteiger partial charge in [-0.1, -0.05) is 18.2 Å². The molecule has 0 unspecified atom stereocenters. The Morgan fingerprint density at radius 1 is 1.33 bits per heavy atom. The van der Waals surface area contributed by atoms with Crippen molar-refractivity contribution in [1.82, 2.24) is 20.0 Å². The second-order valence-corrected chi connectivity index (χ2v) is 6.29. The molecule has 0 spiro atoms. The molecule has 2 aromatic rings. The van der Waals surface area contributed by atoms with Gasteiger partial charge in [0.2, 0.25) is 0 Å². The first-order chi connectivity index (χ1) is 11.6. The molecule has 2 heterocycles. The number of hydrogen-bond donors (Lipinski definition) is 1. The summed E-state index contributed by atoms with van der Waals surface area (Å²) in [5.41, 5.74) is 1.75. The van der Waals surface area contributed by atoms with Crippen molar-refractivity contribution >= 4 is 5.91 Å². The Balaban J connectivity index is 1.74. The molecule has 1 saturated heterocycles. The van der Waals surface area contributed by atoms with E-state index in [1.807, 2.05) is 6.92 Å². The van der Waals surface area contributed by atoms with Gasteiger partial charge in [-0.25, -0.2) is 4.39 Å². The average Bonchev–Trinajstić information content (AvgIpc) is 3.24. The summed E-state index contributed by atoms with van der Waals surface area (Å²) in [5.74, 6) is -0.421. The van der Waals surface area contributed by atoms with Gasteiger partial charge in [0, 0.05) is 25.2 Å². The normalized spacial score (nSPS) is 14.9. The zero-order chi connectivity index (χ0) is 16.9. The lowest BCUT2D eigenvalue weighted by atomic mass is 10.2. The van der Waals surface area contributed by atoms with Gasteiger partial charge in [0.1, 0.15) is 11.5 Å². The van der Waals surface area contributed by atoms with Gasteiger partial charge < -0.3 is 9.80 Å². The number of H-pyrrole nitrogens is 1. The number of amides is 1. The number of rotatable bonds is 6. The number of likely N-dealkylation sites (tertiary alicyclic amines) is 1. The lowest BCUT2D eigenvalue weighted by molar-refractivity contribution is 0.0719. The van der Waals surface area contributed by atoms with Crippen molar-refractivity contribution in [2.24, 2.45) is 0 Å². The highest BCUT2D eigenvalue weighted by atomic mass is 19.1. The van der Waals surface area contributed by atoms with Crippen LogP contribution in [-0.4, -0.2) is 52.1 Å². The first-order valence-electron chi connectivity index (χ1n) is 8.40. The summed E-state index contributed by atoms with van der Waals surface area (Å²) in [6, 6.07) is 8.34. The SMILES string of the molecule is Cc1cc(C(=O)N(CCN2CCCC2)Cc2ccccc2F)[nH]n1. The lowest BCUT2D eigenvalue weighted by Crippen LogP contribution is -2.38. The Kier molecular flexibility index (Phi) is 5.25. The summed E-state index contributed by atoms with van der Waals surface area (Å²) in [6.45, 7) is 5.63. The molecule has 1 fully saturated rings. The van der Waals surface area contributed by atoms with Crippen LogP contribution in [0.25, 0.3) is 0 Å². The quantitative estimate of drug-likeness (QED) is 0.886. The van der Waals surface area contributed by atoms with Crippen LogP contribution in [-0.2, 0) is 6.54 Å². The number of nitrogens with zero attached hydrogens (tertiary/aromatic N) is 3. The molecular formula is C18H23FN4O. The molecule has 1 aliphatic rings. The van der Waals surface area contributed by atoms with Crippen molar-refractivity contribution < 1.29 is 9.18 Å². The third-order valence-corrected chi connectivity index (χ3v) is 4.43. The van der Waals surface area contributed by atoms with E-state index in [0.717, 1.165) is 25.3 Å². The Bertz CT molecular complexity index is 694. The molecule has 1 aromatic carbocycles. The van der Waals surface area contributed by atoms with Crippen LogP contribution in [0.3, 0.4) is 0 Å². The maximum Gasteiger partial charge on any atom is 0.272 e. The second-order valence-electron chi connectivity index (χ2n) is 6.29. The highest BCUT2D eigenvalue weighted by molar-refractivity contribution is 5.92. The molecule has 6 heteroatoms. The Labute approximate surface area is 141 Å². The predicted molar refractivity (Wildman–Crippen MR) is 90.1 cm³/mol. The molecule has 3 rings (SSSR count). The van der Waals surface area contributed by atoms with E-state index in [0.29, 0.717) is 17.8 Å². The van der Waals surface area contributed by atoms with E-state index < -0.39 is 0 Å². The fraction of sp³-hybridized carbons (Fsp3) is 0.444. The number of aromatic nitrogens is 2. The van der Waals surface area contributed by atoms with Crippen molar-refractivity contribution in [2.45, 2.75) is 26.3 Å². The van der Waals surface area contributed by atoms with Gasteiger partial charge in [0.05, 0.1) is 5.69 Å². The average molecular weight is 330 g/mol. The number of carbonyl (C=O) groups excluding carboxylic acids is 1. The van der Waals surface area contributed by atoms with E-state index >= 15 is 0 Å². The molecule has 0 saturated carbocycles. The minimum absolute atomic E-state index is 0.141. The summed E-state index contributed by atoms with van der Waals surface area (Å²) in [6.07, 6.45) is 2.42. The third kappa shape index (κ3) is 4.00. The van der Waals surface area contributed by atoms with Gasteiger partial charge >= 0.3 is 0 Å². The number of benzene rings is 1. The maximum atomic E-state index is 14.0. The Morgan fingerprint density at radius 2 is 2.08 bits per heavy atom. The zero-order valence-electron chi connectivity index (χ0n) is 14.0. The largest absolute Gasteiger partial charge is 0.332 e. The number of halogens is 1. The van der Waals surface area contributed by atoms with E-state index in [4.69, 9.17) is 0 Å². The van der Waals surface area contributed by atoms with Crippen LogP contribution in [0.4, 0.5) is 4.39 Å². The summed E-state index contributed by atoms with van der Waals surface area (Å²) in [7, 11) is 0. The molecule has 1 amide bonds. The van der Waals surface area contributed by atoms with E-state index in [-0.39, 0.29) is 18.3 Å². The summed E-state index contributed by atoms with van der Waals surface area (Å²) in [5, 5.41) is 6.79. The first kappa shape index (κ1) is 16.6. The van der Waals surface area contributed by atoms with E-state index in [9.17, 15) is 9.18 Å². The summed E-state index contributed by atoms with van der Waals surface area (Å²) in [4.78, 5) is 16.8. The van der Waals surface area contributed by atoms with Crippen molar-refractivity contribution in [3.05, 3.63) is 53.1 Å². The van der Waals surface area contributed by atoms with Crippen molar-refractivity contribution in [2.75, 3.05) is 26.2 Å². The number of aryl methyl sites for hydroxylation is 1. The van der Waals surface area contributed by atoms with Gasteiger partial charge in [-0.2, -0.15) is 5.10 Å². The molecule has 1 aliphatic heterocycles. The number of aromatic amines is 1. The van der Waals surface area contributed by atoms with Crippen LogP contribution >= 0.6 is 0 Å². The Morgan fingerprint density at radius 3 is 2.75 bits per heavy atom. The topological polar surface area (TPSA) is 52.2 Å². The second kappa shape index (κ2) is 7.57. The van der Waals surface area contributed by atoms with Gasteiger partial charge in [-0.15, -0.1) is 0 Å². The van der Waals surface area contributed by atoms with Crippen molar-refractivity contribution in [1.29, 1.82) is 0 Å². The van der Waals surface area contributed by atoms with Crippen LogP contribution in [0, 0.1) is 12.7 Å².